The number of amides is 1. The molecule has 0 saturated carbocycles. The highest BCUT2D eigenvalue weighted by Crippen LogP contribution is 2.23. The fourth-order valence-electron chi connectivity index (χ4n) is 2.11. The molecule has 2 aromatic rings. The Morgan fingerprint density at radius 2 is 1.68 bits per heavy atom. The summed E-state index contributed by atoms with van der Waals surface area (Å²) in [5, 5.41) is 19.5. The van der Waals surface area contributed by atoms with Crippen LogP contribution in [-0.4, -0.2) is 22.0 Å². The van der Waals surface area contributed by atoms with Gasteiger partial charge in [-0.1, -0.05) is 30.3 Å². The van der Waals surface area contributed by atoms with E-state index in [1.54, 1.807) is 25.1 Å². The first-order chi connectivity index (χ1) is 11.9. The summed E-state index contributed by atoms with van der Waals surface area (Å²) < 4.78 is 0. The number of carbonyl (C=O) groups is 1. The molecule has 0 aliphatic rings. The molecule has 1 amide bonds. The summed E-state index contributed by atoms with van der Waals surface area (Å²) in [4.78, 5) is 22.8. The monoisotopic (exact) mass is 358 g/mol. The second-order valence-corrected chi connectivity index (χ2v) is 5.81. The molecule has 0 aliphatic carbocycles. The molecule has 25 heavy (non-hydrogen) atoms. The molecule has 0 aromatic heterocycles. The zero-order valence-corrected chi connectivity index (χ0v) is 14.6. The normalized spacial score (nSPS) is 11.3. The zero-order valence-electron chi connectivity index (χ0n) is 13.8. The number of carbonyl (C=O) groups excluding carboxylic acids is 1. The van der Waals surface area contributed by atoms with Crippen LogP contribution in [0.5, 0.6) is 0 Å². The van der Waals surface area contributed by atoms with Gasteiger partial charge in [-0.25, -0.2) is 0 Å². The van der Waals surface area contributed by atoms with E-state index in [9.17, 15) is 14.9 Å². The van der Waals surface area contributed by atoms with Gasteiger partial charge in [0.25, 0.3) is 5.69 Å². The van der Waals surface area contributed by atoms with E-state index in [1.165, 1.54) is 6.07 Å². The Labute approximate surface area is 150 Å². The number of rotatable bonds is 5. The Hall–Kier alpha value is -3.00. The van der Waals surface area contributed by atoms with Crippen LogP contribution in [0.4, 0.5) is 17.1 Å². The molecule has 130 valence electrons. The van der Waals surface area contributed by atoms with Gasteiger partial charge < -0.3 is 16.0 Å². The van der Waals surface area contributed by atoms with Gasteiger partial charge in [0.15, 0.2) is 5.11 Å². The van der Waals surface area contributed by atoms with Gasteiger partial charge in [0.1, 0.15) is 11.7 Å². The average Bonchev–Trinajstić information content (AvgIpc) is 2.57. The predicted molar refractivity (Wildman–Crippen MR) is 102 cm³/mol. The fourth-order valence-corrected chi connectivity index (χ4v) is 2.40. The number of aryl methyl sites for hydroxylation is 1. The van der Waals surface area contributed by atoms with Gasteiger partial charge in [-0.15, -0.1) is 0 Å². The predicted octanol–water partition coefficient (Wildman–Crippen LogP) is 3.22. The van der Waals surface area contributed by atoms with E-state index in [1.807, 2.05) is 31.2 Å². The molecule has 0 heterocycles. The van der Waals surface area contributed by atoms with Crippen LogP contribution in [0.15, 0.2) is 48.5 Å². The van der Waals surface area contributed by atoms with E-state index in [2.05, 4.69) is 16.0 Å². The third kappa shape index (κ3) is 4.98. The van der Waals surface area contributed by atoms with Crippen LogP contribution in [0.3, 0.4) is 0 Å². The highest BCUT2D eigenvalue weighted by Gasteiger charge is 2.17. The van der Waals surface area contributed by atoms with E-state index in [-0.39, 0.29) is 22.4 Å². The van der Waals surface area contributed by atoms with Crippen molar-refractivity contribution in [1.82, 2.24) is 5.32 Å². The molecule has 1 unspecified atom stereocenters. The smallest absolute Gasteiger partial charge is 0.292 e. The Morgan fingerprint density at radius 1 is 1.08 bits per heavy atom. The summed E-state index contributed by atoms with van der Waals surface area (Å²) >= 11 is 5.14. The van der Waals surface area contributed by atoms with Gasteiger partial charge in [-0.05, 0) is 43.8 Å². The van der Waals surface area contributed by atoms with Gasteiger partial charge >= 0.3 is 0 Å². The van der Waals surface area contributed by atoms with Crippen molar-refractivity contribution in [2.75, 3.05) is 10.6 Å². The van der Waals surface area contributed by atoms with Crippen LogP contribution in [0, 0.1) is 17.0 Å². The number of nitro groups is 1. The molecule has 8 heteroatoms. The summed E-state index contributed by atoms with van der Waals surface area (Å²) in [6, 6.07) is 13.0. The summed E-state index contributed by atoms with van der Waals surface area (Å²) in [5.74, 6) is -0.263. The van der Waals surface area contributed by atoms with Crippen LogP contribution in [0.2, 0.25) is 0 Å². The van der Waals surface area contributed by atoms with E-state index < -0.39 is 11.0 Å². The lowest BCUT2D eigenvalue weighted by atomic mass is 10.2. The van der Waals surface area contributed by atoms with Gasteiger partial charge in [0.2, 0.25) is 5.91 Å². The first-order valence-electron chi connectivity index (χ1n) is 7.56. The summed E-state index contributed by atoms with van der Waals surface area (Å²) in [6.07, 6.45) is 0. The summed E-state index contributed by atoms with van der Waals surface area (Å²) in [6.45, 7) is 3.55. The van der Waals surface area contributed by atoms with Gasteiger partial charge in [0, 0.05) is 11.8 Å². The van der Waals surface area contributed by atoms with Crippen LogP contribution in [0.1, 0.15) is 12.5 Å². The second-order valence-electron chi connectivity index (χ2n) is 5.40. The number of hydrogen-bond acceptors (Lipinski definition) is 4. The van der Waals surface area contributed by atoms with Crippen molar-refractivity contribution in [3.63, 3.8) is 0 Å². The topological polar surface area (TPSA) is 96.3 Å². The van der Waals surface area contributed by atoms with E-state index >= 15 is 0 Å². The lowest BCUT2D eigenvalue weighted by Gasteiger charge is -2.17. The molecule has 2 aromatic carbocycles. The Bertz CT molecular complexity index is 810. The molecule has 0 aliphatic heterocycles. The maximum Gasteiger partial charge on any atom is 0.292 e. The molecular weight excluding hydrogens is 340 g/mol. The van der Waals surface area contributed by atoms with Crippen molar-refractivity contribution in [3.05, 3.63) is 64.2 Å². The largest absolute Gasteiger partial charge is 0.351 e. The zero-order chi connectivity index (χ0) is 18.4. The van der Waals surface area contributed by atoms with Gasteiger partial charge in [-0.2, -0.15) is 0 Å². The van der Waals surface area contributed by atoms with Gasteiger partial charge in [0.05, 0.1) is 4.92 Å². The molecule has 7 nitrogen and oxygen atoms in total. The standard InChI is InChI=1S/C17H18N4O3S/c1-11-7-3-4-8-13(11)19-16(22)12(2)18-17(25)20-14-9-5-6-10-15(14)21(23)24/h3-10,12H,1-2H3,(H,19,22)(H2,18,20,25). The van der Waals surface area contributed by atoms with E-state index in [4.69, 9.17) is 12.2 Å². The quantitative estimate of drug-likeness (QED) is 0.431. The number of benzene rings is 2. The second kappa shape index (κ2) is 8.20. The van der Waals surface area contributed by atoms with Crippen LogP contribution in [-0.2, 0) is 4.79 Å². The van der Waals surface area contributed by atoms with Crippen molar-refractivity contribution in [2.45, 2.75) is 19.9 Å². The van der Waals surface area contributed by atoms with Gasteiger partial charge in [-0.3, -0.25) is 14.9 Å². The molecule has 0 bridgehead atoms. The number of para-hydroxylation sites is 3. The molecule has 0 fully saturated rings. The third-order valence-corrected chi connectivity index (χ3v) is 3.71. The van der Waals surface area contributed by atoms with E-state index in [0.717, 1.165) is 11.3 Å². The number of anilines is 2. The molecule has 0 spiro atoms. The SMILES string of the molecule is Cc1ccccc1NC(=O)C(C)NC(=S)Nc1ccccc1[N+](=O)[O-]. The third-order valence-electron chi connectivity index (χ3n) is 3.49. The first kappa shape index (κ1) is 18.3. The molecule has 1 atom stereocenters. The van der Waals surface area contributed by atoms with Crippen LogP contribution >= 0.6 is 12.2 Å². The Kier molecular flexibility index (Phi) is 6.02. The first-order valence-corrected chi connectivity index (χ1v) is 7.96. The molecular formula is C17H18N4O3S. The number of hydrogen-bond donors (Lipinski definition) is 3. The lowest BCUT2D eigenvalue weighted by Crippen LogP contribution is -2.43. The highest BCUT2D eigenvalue weighted by atomic mass is 32.1. The Balaban J connectivity index is 1.97. The number of nitrogens with zero attached hydrogens (tertiary/aromatic N) is 1. The highest BCUT2D eigenvalue weighted by molar-refractivity contribution is 7.80. The minimum Gasteiger partial charge on any atom is -0.351 e. The minimum absolute atomic E-state index is 0.0938. The summed E-state index contributed by atoms with van der Waals surface area (Å²) in [5.41, 5.74) is 1.84. The Morgan fingerprint density at radius 3 is 2.32 bits per heavy atom. The maximum absolute atomic E-state index is 12.3. The van der Waals surface area contributed by atoms with Crippen molar-refractivity contribution in [3.8, 4) is 0 Å². The molecule has 2 rings (SSSR count). The minimum atomic E-state index is -0.623. The molecule has 3 N–H and O–H groups in total. The maximum atomic E-state index is 12.3. The average molecular weight is 358 g/mol. The fraction of sp³-hybridized carbons (Fsp3) is 0.176. The van der Waals surface area contributed by atoms with Crippen molar-refractivity contribution >= 4 is 40.3 Å². The van der Waals surface area contributed by atoms with Crippen LogP contribution < -0.4 is 16.0 Å². The summed E-state index contributed by atoms with van der Waals surface area (Å²) in [7, 11) is 0. The van der Waals surface area contributed by atoms with E-state index in [0.29, 0.717) is 0 Å². The number of thiocarbonyl (C=S) groups is 1. The lowest BCUT2D eigenvalue weighted by molar-refractivity contribution is -0.383. The number of nitro benzene ring substituents is 1. The molecule has 0 radical (unpaired) electrons. The van der Waals surface area contributed by atoms with Crippen LogP contribution in [0.25, 0.3) is 0 Å². The van der Waals surface area contributed by atoms with Crippen molar-refractivity contribution in [1.29, 1.82) is 0 Å². The van der Waals surface area contributed by atoms with Crippen molar-refractivity contribution < 1.29 is 9.72 Å². The van der Waals surface area contributed by atoms with Crippen molar-refractivity contribution in [2.24, 2.45) is 0 Å². The molecule has 0 saturated heterocycles. The number of nitrogens with one attached hydrogen (secondary N) is 3.